The van der Waals surface area contributed by atoms with E-state index in [1.165, 1.54) is 32.5 Å². The number of amides is 1. The number of pyridine rings is 1. The largest absolute Gasteiger partial charge is 0.494 e. The van der Waals surface area contributed by atoms with Gasteiger partial charge in [-0.3, -0.25) is 4.79 Å². The van der Waals surface area contributed by atoms with E-state index in [4.69, 9.17) is 9.47 Å². The SMILES string of the molecule is COc1ccc(C(=O)NC(C)c2ccc(OC)c(F)c2)cn1. The Morgan fingerprint density at radius 2 is 2.00 bits per heavy atom. The highest BCUT2D eigenvalue weighted by molar-refractivity contribution is 5.94. The molecular weight excluding hydrogens is 287 g/mol. The highest BCUT2D eigenvalue weighted by Crippen LogP contribution is 2.22. The van der Waals surface area contributed by atoms with E-state index < -0.39 is 5.82 Å². The zero-order valence-corrected chi connectivity index (χ0v) is 12.6. The Balaban J connectivity index is 2.08. The van der Waals surface area contributed by atoms with Crippen LogP contribution in [0, 0.1) is 5.82 Å². The first-order valence-electron chi connectivity index (χ1n) is 6.69. The van der Waals surface area contributed by atoms with Crippen molar-refractivity contribution < 1.29 is 18.7 Å². The lowest BCUT2D eigenvalue weighted by atomic mass is 10.1. The molecule has 2 aromatic rings. The van der Waals surface area contributed by atoms with E-state index in [9.17, 15) is 9.18 Å². The van der Waals surface area contributed by atoms with Gasteiger partial charge >= 0.3 is 0 Å². The van der Waals surface area contributed by atoms with Crippen LogP contribution in [0.15, 0.2) is 36.5 Å². The molecule has 0 aliphatic carbocycles. The number of benzene rings is 1. The maximum absolute atomic E-state index is 13.7. The molecule has 0 bridgehead atoms. The van der Waals surface area contributed by atoms with Gasteiger partial charge in [0.2, 0.25) is 5.88 Å². The predicted molar refractivity (Wildman–Crippen MR) is 79.6 cm³/mol. The Labute approximate surface area is 128 Å². The summed E-state index contributed by atoms with van der Waals surface area (Å²) < 4.78 is 23.5. The molecule has 1 amide bonds. The molecule has 0 fully saturated rings. The normalized spacial score (nSPS) is 11.6. The van der Waals surface area contributed by atoms with Gasteiger partial charge in [-0.1, -0.05) is 6.07 Å². The van der Waals surface area contributed by atoms with Gasteiger partial charge in [-0.25, -0.2) is 9.37 Å². The Bertz CT molecular complexity index is 659. The summed E-state index contributed by atoms with van der Waals surface area (Å²) in [5.41, 5.74) is 1.05. The highest BCUT2D eigenvalue weighted by Gasteiger charge is 2.14. The summed E-state index contributed by atoms with van der Waals surface area (Å²) in [6, 6.07) is 7.45. The van der Waals surface area contributed by atoms with Gasteiger partial charge in [0.15, 0.2) is 11.6 Å². The van der Waals surface area contributed by atoms with Crippen molar-refractivity contribution in [1.82, 2.24) is 10.3 Å². The number of aromatic nitrogens is 1. The predicted octanol–water partition coefficient (Wildman–Crippen LogP) is 2.73. The van der Waals surface area contributed by atoms with Crippen molar-refractivity contribution in [2.24, 2.45) is 0 Å². The Hall–Kier alpha value is -2.63. The third kappa shape index (κ3) is 3.52. The lowest BCUT2D eigenvalue weighted by molar-refractivity contribution is 0.0939. The van der Waals surface area contributed by atoms with Crippen molar-refractivity contribution in [2.75, 3.05) is 14.2 Å². The van der Waals surface area contributed by atoms with Crippen molar-refractivity contribution in [3.05, 3.63) is 53.5 Å². The van der Waals surface area contributed by atoms with Crippen LogP contribution < -0.4 is 14.8 Å². The summed E-state index contributed by atoms with van der Waals surface area (Å²) in [5.74, 6) is -0.158. The third-order valence-electron chi connectivity index (χ3n) is 3.23. The summed E-state index contributed by atoms with van der Waals surface area (Å²) in [4.78, 5) is 16.1. The maximum Gasteiger partial charge on any atom is 0.253 e. The third-order valence-corrected chi connectivity index (χ3v) is 3.23. The van der Waals surface area contributed by atoms with Crippen LogP contribution in [0.25, 0.3) is 0 Å². The molecule has 1 heterocycles. The molecule has 1 unspecified atom stereocenters. The van der Waals surface area contributed by atoms with E-state index >= 15 is 0 Å². The van der Waals surface area contributed by atoms with Gasteiger partial charge < -0.3 is 14.8 Å². The van der Waals surface area contributed by atoms with Gasteiger partial charge in [0.05, 0.1) is 25.8 Å². The van der Waals surface area contributed by atoms with Gasteiger partial charge in [0.25, 0.3) is 5.91 Å². The maximum atomic E-state index is 13.7. The van der Waals surface area contributed by atoms with Gasteiger partial charge in [-0.05, 0) is 30.7 Å². The van der Waals surface area contributed by atoms with Gasteiger partial charge in [0, 0.05) is 12.3 Å². The minimum Gasteiger partial charge on any atom is -0.494 e. The van der Waals surface area contributed by atoms with Gasteiger partial charge in [0.1, 0.15) is 0 Å². The zero-order valence-electron chi connectivity index (χ0n) is 12.6. The fourth-order valence-electron chi connectivity index (χ4n) is 1.95. The summed E-state index contributed by atoms with van der Waals surface area (Å²) in [6.45, 7) is 1.77. The quantitative estimate of drug-likeness (QED) is 0.922. The lowest BCUT2D eigenvalue weighted by Crippen LogP contribution is -2.26. The van der Waals surface area contributed by atoms with E-state index in [1.807, 2.05) is 0 Å². The van der Waals surface area contributed by atoms with E-state index in [2.05, 4.69) is 10.3 Å². The van der Waals surface area contributed by atoms with E-state index in [-0.39, 0.29) is 17.7 Å². The number of rotatable bonds is 5. The van der Waals surface area contributed by atoms with Crippen LogP contribution >= 0.6 is 0 Å². The number of hydrogen-bond donors (Lipinski definition) is 1. The van der Waals surface area contributed by atoms with Crippen LogP contribution in [-0.4, -0.2) is 25.1 Å². The zero-order chi connectivity index (χ0) is 16.1. The van der Waals surface area contributed by atoms with Crippen LogP contribution in [0.4, 0.5) is 4.39 Å². The molecule has 22 heavy (non-hydrogen) atoms. The Morgan fingerprint density at radius 3 is 2.55 bits per heavy atom. The molecule has 1 N–H and O–H groups in total. The van der Waals surface area contributed by atoms with E-state index in [1.54, 1.807) is 25.1 Å². The minimum atomic E-state index is -0.466. The second-order valence-corrected chi connectivity index (χ2v) is 4.68. The number of halogens is 1. The lowest BCUT2D eigenvalue weighted by Gasteiger charge is -2.15. The van der Waals surface area contributed by atoms with Crippen molar-refractivity contribution in [1.29, 1.82) is 0 Å². The van der Waals surface area contributed by atoms with Crippen LogP contribution in [-0.2, 0) is 0 Å². The molecule has 0 aliphatic heterocycles. The van der Waals surface area contributed by atoms with Gasteiger partial charge in [-0.2, -0.15) is 0 Å². The molecule has 5 nitrogen and oxygen atoms in total. The first-order valence-corrected chi connectivity index (χ1v) is 6.69. The second kappa shape index (κ2) is 6.89. The van der Waals surface area contributed by atoms with Crippen molar-refractivity contribution in [3.8, 4) is 11.6 Å². The molecule has 2 rings (SSSR count). The number of ether oxygens (including phenoxy) is 2. The fraction of sp³-hybridized carbons (Fsp3) is 0.250. The molecule has 1 aromatic carbocycles. The summed E-state index contributed by atoms with van der Waals surface area (Å²) >= 11 is 0. The standard InChI is InChI=1S/C16H17FN2O3/c1-10(11-4-6-14(21-2)13(17)8-11)19-16(20)12-5-7-15(22-3)18-9-12/h4-10H,1-3H3,(H,19,20). The number of hydrogen-bond acceptors (Lipinski definition) is 4. The van der Waals surface area contributed by atoms with E-state index in [0.29, 0.717) is 17.0 Å². The molecule has 0 aliphatic rings. The Morgan fingerprint density at radius 1 is 1.23 bits per heavy atom. The molecule has 0 radical (unpaired) electrons. The monoisotopic (exact) mass is 304 g/mol. The highest BCUT2D eigenvalue weighted by atomic mass is 19.1. The summed E-state index contributed by atoms with van der Waals surface area (Å²) in [6.07, 6.45) is 1.43. The van der Waals surface area contributed by atoms with Gasteiger partial charge in [-0.15, -0.1) is 0 Å². The molecule has 1 atom stereocenters. The fourth-order valence-corrected chi connectivity index (χ4v) is 1.95. The number of carbonyl (C=O) groups excluding carboxylic acids is 1. The summed E-state index contributed by atoms with van der Waals surface area (Å²) in [5, 5.41) is 2.79. The minimum absolute atomic E-state index is 0.168. The van der Waals surface area contributed by atoms with Crippen LogP contribution in [0.3, 0.4) is 0 Å². The number of nitrogens with zero attached hydrogens (tertiary/aromatic N) is 1. The second-order valence-electron chi connectivity index (χ2n) is 4.68. The summed E-state index contributed by atoms with van der Waals surface area (Å²) in [7, 11) is 2.91. The molecule has 0 saturated heterocycles. The van der Waals surface area contributed by atoms with Crippen LogP contribution in [0.5, 0.6) is 11.6 Å². The van der Waals surface area contributed by atoms with Crippen molar-refractivity contribution >= 4 is 5.91 Å². The molecule has 0 saturated carbocycles. The molecule has 1 aromatic heterocycles. The smallest absolute Gasteiger partial charge is 0.253 e. The molecule has 6 heteroatoms. The first kappa shape index (κ1) is 15.8. The van der Waals surface area contributed by atoms with E-state index in [0.717, 1.165) is 0 Å². The van der Waals surface area contributed by atoms with Crippen LogP contribution in [0.2, 0.25) is 0 Å². The van der Waals surface area contributed by atoms with Crippen molar-refractivity contribution in [3.63, 3.8) is 0 Å². The number of carbonyl (C=O) groups is 1. The average molecular weight is 304 g/mol. The topological polar surface area (TPSA) is 60.5 Å². The average Bonchev–Trinajstić information content (AvgIpc) is 2.54. The molecule has 0 spiro atoms. The first-order chi connectivity index (χ1) is 10.5. The number of nitrogens with one attached hydrogen (secondary N) is 1. The Kier molecular flexibility index (Phi) is 4.93. The van der Waals surface area contributed by atoms with Crippen molar-refractivity contribution in [2.45, 2.75) is 13.0 Å². The van der Waals surface area contributed by atoms with Crippen LogP contribution in [0.1, 0.15) is 28.9 Å². The molecule has 116 valence electrons. The number of methoxy groups -OCH3 is 2. The molecular formula is C16H17FN2O3.